The van der Waals surface area contributed by atoms with Crippen molar-refractivity contribution in [1.29, 1.82) is 0 Å². The summed E-state index contributed by atoms with van der Waals surface area (Å²) in [6, 6.07) is 11.5. The van der Waals surface area contributed by atoms with Crippen molar-refractivity contribution in [2.75, 3.05) is 0 Å². The molecule has 0 amide bonds. The maximum atomic E-state index is 6.28. The van der Waals surface area contributed by atoms with Crippen molar-refractivity contribution in [3.05, 3.63) is 35.9 Å². The van der Waals surface area contributed by atoms with Gasteiger partial charge in [-0.15, -0.1) is 0 Å². The van der Waals surface area contributed by atoms with E-state index in [1.807, 2.05) is 0 Å². The number of nitrogens with one attached hydrogen (secondary N) is 1. The Morgan fingerprint density at radius 1 is 1.17 bits per heavy atom. The number of hydrogen-bond acceptors (Lipinski definition) is 2. The Morgan fingerprint density at radius 3 is 2.44 bits per heavy atom. The van der Waals surface area contributed by atoms with Gasteiger partial charge in [-0.3, -0.25) is 0 Å². The molecule has 2 heteroatoms. The van der Waals surface area contributed by atoms with E-state index in [9.17, 15) is 0 Å². The molecule has 0 aliphatic carbocycles. The standard InChI is InChI=1S/C16H25NO/c1-11(2)15-16(14-8-6-5-7-9-14)18-13(4)10-12(3)17-15/h5-9,11-13,15-17H,10H2,1-4H3. The van der Waals surface area contributed by atoms with Crippen LogP contribution in [0.2, 0.25) is 0 Å². The van der Waals surface area contributed by atoms with Crippen LogP contribution in [0.15, 0.2) is 30.3 Å². The van der Waals surface area contributed by atoms with Gasteiger partial charge in [0.25, 0.3) is 0 Å². The van der Waals surface area contributed by atoms with E-state index in [0.717, 1.165) is 6.42 Å². The molecule has 1 aromatic carbocycles. The molecule has 1 aliphatic rings. The Balaban J connectivity index is 2.28. The van der Waals surface area contributed by atoms with Crippen molar-refractivity contribution in [2.24, 2.45) is 5.92 Å². The summed E-state index contributed by atoms with van der Waals surface area (Å²) in [4.78, 5) is 0. The lowest BCUT2D eigenvalue weighted by Crippen LogP contribution is -2.42. The summed E-state index contributed by atoms with van der Waals surface area (Å²) in [6.07, 6.45) is 1.54. The van der Waals surface area contributed by atoms with Crippen molar-refractivity contribution in [2.45, 2.75) is 58.4 Å². The molecule has 0 spiro atoms. The van der Waals surface area contributed by atoms with E-state index in [0.29, 0.717) is 24.1 Å². The molecular weight excluding hydrogens is 222 g/mol. The maximum absolute atomic E-state index is 6.28. The van der Waals surface area contributed by atoms with E-state index in [1.165, 1.54) is 5.56 Å². The highest BCUT2D eigenvalue weighted by molar-refractivity contribution is 5.20. The summed E-state index contributed by atoms with van der Waals surface area (Å²) in [5.74, 6) is 0.558. The second-order valence-electron chi connectivity index (χ2n) is 5.85. The van der Waals surface area contributed by atoms with Crippen LogP contribution in [0.3, 0.4) is 0 Å². The minimum Gasteiger partial charge on any atom is -0.369 e. The number of rotatable bonds is 2. The van der Waals surface area contributed by atoms with Gasteiger partial charge in [0.2, 0.25) is 0 Å². The highest BCUT2D eigenvalue weighted by Gasteiger charge is 2.32. The van der Waals surface area contributed by atoms with E-state index < -0.39 is 0 Å². The minimum atomic E-state index is 0.158. The van der Waals surface area contributed by atoms with Gasteiger partial charge in [-0.25, -0.2) is 0 Å². The molecule has 1 fully saturated rings. The summed E-state index contributed by atoms with van der Waals surface area (Å²) in [5, 5.41) is 3.73. The predicted octanol–water partition coefficient (Wildman–Crippen LogP) is 3.54. The summed E-state index contributed by atoms with van der Waals surface area (Å²) < 4.78 is 6.28. The molecule has 0 aromatic heterocycles. The SMILES string of the molecule is CC1CC(C)OC(c2ccccc2)C(C(C)C)N1. The summed E-state index contributed by atoms with van der Waals surface area (Å²) in [6.45, 7) is 8.96. The molecule has 100 valence electrons. The Bertz CT molecular complexity index is 363. The number of benzene rings is 1. The second-order valence-corrected chi connectivity index (χ2v) is 5.85. The molecule has 1 N–H and O–H groups in total. The molecule has 18 heavy (non-hydrogen) atoms. The van der Waals surface area contributed by atoms with Crippen molar-refractivity contribution in [3.8, 4) is 0 Å². The van der Waals surface area contributed by atoms with Gasteiger partial charge in [0.15, 0.2) is 0 Å². The lowest BCUT2D eigenvalue weighted by molar-refractivity contribution is -0.0185. The normalized spacial score (nSPS) is 33.4. The number of ether oxygens (including phenoxy) is 1. The van der Waals surface area contributed by atoms with Gasteiger partial charge < -0.3 is 10.1 Å². The molecule has 1 aliphatic heterocycles. The van der Waals surface area contributed by atoms with E-state index >= 15 is 0 Å². The van der Waals surface area contributed by atoms with Gasteiger partial charge in [0, 0.05) is 12.1 Å². The molecule has 1 saturated heterocycles. The van der Waals surface area contributed by atoms with Gasteiger partial charge in [-0.2, -0.15) is 0 Å². The van der Waals surface area contributed by atoms with Crippen LogP contribution < -0.4 is 5.32 Å². The average Bonchev–Trinajstić information content (AvgIpc) is 2.48. The van der Waals surface area contributed by atoms with Crippen LogP contribution in [0.1, 0.15) is 45.8 Å². The molecular formula is C16H25NO. The van der Waals surface area contributed by atoms with Crippen LogP contribution in [0.4, 0.5) is 0 Å². The van der Waals surface area contributed by atoms with Gasteiger partial charge >= 0.3 is 0 Å². The molecule has 0 saturated carbocycles. The molecule has 4 unspecified atom stereocenters. The van der Waals surface area contributed by atoms with E-state index in [2.05, 4.69) is 63.3 Å². The van der Waals surface area contributed by atoms with Gasteiger partial charge in [-0.05, 0) is 31.7 Å². The third-order valence-electron chi connectivity index (χ3n) is 3.71. The van der Waals surface area contributed by atoms with E-state index in [4.69, 9.17) is 4.74 Å². The minimum absolute atomic E-state index is 0.158. The largest absolute Gasteiger partial charge is 0.369 e. The Kier molecular flexibility index (Phi) is 4.41. The molecule has 2 rings (SSSR count). The molecule has 0 bridgehead atoms. The zero-order valence-electron chi connectivity index (χ0n) is 11.9. The molecule has 0 radical (unpaired) electrons. The van der Waals surface area contributed by atoms with Crippen LogP contribution >= 0.6 is 0 Å². The fourth-order valence-electron chi connectivity index (χ4n) is 2.84. The van der Waals surface area contributed by atoms with Gasteiger partial charge in [0.1, 0.15) is 0 Å². The first-order valence-electron chi connectivity index (χ1n) is 7.04. The van der Waals surface area contributed by atoms with Crippen molar-refractivity contribution in [3.63, 3.8) is 0 Å². The topological polar surface area (TPSA) is 21.3 Å². The Labute approximate surface area is 111 Å². The first-order chi connectivity index (χ1) is 8.58. The number of hydrogen-bond donors (Lipinski definition) is 1. The fourth-order valence-corrected chi connectivity index (χ4v) is 2.84. The summed E-state index contributed by atoms with van der Waals surface area (Å²) in [5.41, 5.74) is 1.28. The summed E-state index contributed by atoms with van der Waals surface area (Å²) in [7, 11) is 0. The second kappa shape index (κ2) is 5.85. The fraction of sp³-hybridized carbons (Fsp3) is 0.625. The molecule has 1 aromatic rings. The third-order valence-corrected chi connectivity index (χ3v) is 3.71. The van der Waals surface area contributed by atoms with Crippen LogP contribution in [0.25, 0.3) is 0 Å². The zero-order valence-corrected chi connectivity index (χ0v) is 11.9. The first kappa shape index (κ1) is 13.6. The smallest absolute Gasteiger partial charge is 0.0983 e. The highest BCUT2D eigenvalue weighted by atomic mass is 16.5. The van der Waals surface area contributed by atoms with Gasteiger partial charge in [-0.1, -0.05) is 44.2 Å². The van der Waals surface area contributed by atoms with Crippen molar-refractivity contribution >= 4 is 0 Å². The third kappa shape index (κ3) is 3.12. The van der Waals surface area contributed by atoms with Crippen LogP contribution in [-0.4, -0.2) is 18.2 Å². The molecule has 4 atom stereocenters. The lowest BCUT2D eigenvalue weighted by atomic mass is 9.93. The van der Waals surface area contributed by atoms with E-state index in [1.54, 1.807) is 0 Å². The maximum Gasteiger partial charge on any atom is 0.0983 e. The molecule has 2 nitrogen and oxygen atoms in total. The Morgan fingerprint density at radius 2 is 1.83 bits per heavy atom. The zero-order chi connectivity index (χ0) is 13.1. The highest BCUT2D eigenvalue weighted by Crippen LogP contribution is 2.30. The van der Waals surface area contributed by atoms with Crippen molar-refractivity contribution < 1.29 is 4.74 Å². The Hall–Kier alpha value is -0.860. The predicted molar refractivity (Wildman–Crippen MR) is 75.6 cm³/mol. The quantitative estimate of drug-likeness (QED) is 0.863. The van der Waals surface area contributed by atoms with Gasteiger partial charge in [0.05, 0.1) is 12.2 Å². The first-order valence-corrected chi connectivity index (χ1v) is 7.04. The van der Waals surface area contributed by atoms with Crippen LogP contribution in [0.5, 0.6) is 0 Å². The van der Waals surface area contributed by atoms with E-state index in [-0.39, 0.29) is 6.10 Å². The van der Waals surface area contributed by atoms with Crippen LogP contribution in [0, 0.1) is 5.92 Å². The summed E-state index contributed by atoms with van der Waals surface area (Å²) >= 11 is 0. The van der Waals surface area contributed by atoms with Crippen molar-refractivity contribution in [1.82, 2.24) is 5.32 Å². The average molecular weight is 247 g/mol. The lowest BCUT2D eigenvalue weighted by Gasteiger charge is -2.31. The monoisotopic (exact) mass is 247 g/mol. The van der Waals surface area contributed by atoms with Crippen LogP contribution in [-0.2, 0) is 4.74 Å². The molecule has 1 heterocycles.